The number of ether oxygens (including phenoxy) is 3. The number of nitrogens with zero attached hydrogens (tertiary/aromatic N) is 3. The minimum absolute atomic E-state index is 0.0572. The van der Waals surface area contributed by atoms with Gasteiger partial charge in [-0.15, -0.1) is 13.2 Å². The highest BCUT2D eigenvalue weighted by Gasteiger charge is 2.53. The number of hydrogen-bond acceptors (Lipinski definition) is 7. The van der Waals surface area contributed by atoms with Gasteiger partial charge in [0, 0.05) is 31.5 Å². The summed E-state index contributed by atoms with van der Waals surface area (Å²) >= 11 is 0. The smallest absolute Gasteiger partial charge is 0.484 e. The standard InChI is InChI=1S/C20H18F6N4O4/c21-19(22,23)11-33-14-3-12(4-15(5-14)34-20(24,25)26)6-27-17-28-7-13(8-29-17)16(31)30-2-1-18(30)9-32-10-18/h3-5,7-8H,1-2,6,9-11H2,(H,27,28,29). The molecule has 1 N–H and O–H groups in total. The van der Waals surface area contributed by atoms with Gasteiger partial charge in [-0.05, 0) is 24.1 Å². The third kappa shape index (κ3) is 5.61. The maximum absolute atomic E-state index is 12.6. The molecule has 2 saturated heterocycles. The number of likely N-dealkylation sites (tertiary alicyclic amines) is 1. The van der Waals surface area contributed by atoms with Crippen molar-refractivity contribution in [1.29, 1.82) is 0 Å². The van der Waals surface area contributed by atoms with Gasteiger partial charge in [0.2, 0.25) is 5.95 Å². The lowest BCUT2D eigenvalue weighted by atomic mass is 9.82. The van der Waals surface area contributed by atoms with Crippen LogP contribution in [0.3, 0.4) is 0 Å². The zero-order valence-corrected chi connectivity index (χ0v) is 17.4. The van der Waals surface area contributed by atoms with Crippen LogP contribution in [-0.4, -0.2) is 65.2 Å². The van der Waals surface area contributed by atoms with Crippen molar-refractivity contribution >= 4 is 11.9 Å². The first-order valence-corrected chi connectivity index (χ1v) is 9.97. The molecule has 1 amide bonds. The molecule has 184 valence electrons. The molecule has 0 atom stereocenters. The fourth-order valence-corrected chi connectivity index (χ4v) is 3.54. The highest BCUT2D eigenvalue weighted by atomic mass is 19.4. The van der Waals surface area contributed by atoms with Crippen LogP contribution < -0.4 is 14.8 Å². The predicted molar refractivity (Wildman–Crippen MR) is 103 cm³/mol. The van der Waals surface area contributed by atoms with Crippen molar-refractivity contribution in [3.8, 4) is 11.5 Å². The van der Waals surface area contributed by atoms with Gasteiger partial charge in [0.1, 0.15) is 11.5 Å². The Bertz CT molecular complexity index is 1040. The van der Waals surface area contributed by atoms with Crippen LogP contribution in [0.2, 0.25) is 0 Å². The summed E-state index contributed by atoms with van der Waals surface area (Å²) in [5.74, 6) is -1.37. The Kier molecular flexibility index (Phi) is 6.18. The maximum atomic E-state index is 12.6. The van der Waals surface area contributed by atoms with Gasteiger partial charge in [-0.2, -0.15) is 13.2 Å². The van der Waals surface area contributed by atoms with Gasteiger partial charge < -0.3 is 24.4 Å². The van der Waals surface area contributed by atoms with E-state index in [1.807, 2.05) is 0 Å². The second-order valence-electron chi connectivity index (χ2n) is 7.84. The predicted octanol–water partition coefficient (Wildman–Crippen LogP) is 3.54. The van der Waals surface area contributed by atoms with Crippen molar-refractivity contribution in [2.24, 2.45) is 0 Å². The lowest BCUT2D eigenvalue weighted by Crippen LogP contribution is -2.72. The van der Waals surface area contributed by atoms with E-state index in [-0.39, 0.29) is 35.1 Å². The number of halogens is 6. The van der Waals surface area contributed by atoms with E-state index < -0.39 is 30.6 Å². The van der Waals surface area contributed by atoms with Gasteiger partial charge in [0.25, 0.3) is 5.91 Å². The molecule has 8 nitrogen and oxygen atoms in total. The minimum Gasteiger partial charge on any atom is -0.484 e. The minimum atomic E-state index is -5.04. The molecule has 2 aliphatic heterocycles. The number of carbonyl (C=O) groups excluding carboxylic acids is 1. The third-order valence-corrected chi connectivity index (χ3v) is 5.29. The van der Waals surface area contributed by atoms with Gasteiger partial charge in [-0.25, -0.2) is 9.97 Å². The molecule has 1 aromatic heterocycles. The first-order valence-electron chi connectivity index (χ1n) is 9.97. The van der Waals surface area contributed by atoms with Crippen LogP contribution >= 0.6 is 0 Å². The number of hydrogen-bond donors (Lipinski definition) is 1. The van der Waals surface area contributed by atoms with E-state index >= 15 is 0 Å². The second-order valence-corrected chi connectivity index (χ2v) is 7.84. The van der Waals surface area contributed by atoms with Gasteiger partial charge in [0.05, 0.1) is 24.3 Å². The van der Waals surface area contributed by atoms with Crippen LogP contribution in [0.5, 0.6) is 11.5 Å². The average molecular weight is 492 g/mol. The number of nitrogens with one attached hydrogen (secondary N) is 1. The van der Waals surface area contributed by atoms with Crippen LogP contribution in [0.4, 0.5) is 32.3 Å². The lowest BCUT2D eigenvalue weighted by Gasteiger charge is -2.57. The SMILES string of the molecule is O=C(c1cnc(NCc2cc(OCC(F)(F)F)cc(OC(F)(F)F)c2)nc1)N1CCC12COC2. The summed E-state index contributed by atoms with van der Waals surface area (Å²) in [4.78, 5) is 22.4. The Morgan fingerprint density at radius 1 is 1.09 bits per heavy atom. The zero-order chi connectivity index (χ0) is 24.6. The number of carbonyl (C=O) groups is 1. The first kappa shape index (κ1) is 23.9. The second kappa shape index (κ2) is 8.81. The van der Waals surface area contributed by atoms with Gasteiger partial charge in [0.15, 0.2) is 6.61 Å². The molecule has 2 fully saturated rings. The summed E-state index contributed by atoms with van der Waals surface area (Å²) in [6.45, 7) is -0.247. The summed E-state index contributed by atoms with van der Waals surface area (Å²) in [6.07, 6.45) is -6.23. The van der Waals surface area contributed by atoms with E-state index in [1.165, 1.54) is 12.4 Å². The van der Waals surface area contributed by atoms with Gasteiger partial charge in [-0.3, -0.25) is 4.79 Å². The van der Waals surface area contributed by atoms with Gasteiger partial charge in [-0.1, -0.05) is 0 Å². The molecule has 2 aromatic rings. The van der Waals surface area contributed by atoms with E-state index in [9.17, 15) is 31.1 Å². The summed E-state index contributed by atoms with van der Waals surface area (Å²) < 4.78 is 88.5. The number of aromatic nitrogens is 2. The molecule has 34 heavy (non-hydrogen) atoms. The number of rotatable bonds is 7. The summed E-state index contributed by atoms with van der Waals surface area (Å²) in [7, 11) is 0. The van der Waals surface area contributed by atoms with E-state index in [0.717, 1.165) is 18.6 Å². The Labute approximate surface area is 188 Å². The van der Waals surface area contributed by atoms with Crippen molar-refractivity contribution in [3.05, 3.63) is 41.7 Å². The fraction of sp³-hybridized carbons (Fsp3) is 0.450. The van der Waals surface area contributed by atoms with Crippen molar-refractivity contribution in [3.63, 3.8) is 0 Å². The molecule has 4 rings (SSSR count). The average Bonchev–Trinajstić information content (AvgIpc) is 2.67. The van der Waals surface area contributed by atoms with E-state index in [2.05, 4.69) is 24.8 Å². The summed E-state index contributed by atoms with van der Waals surface area (Å²) in [5, 5.41) is 2.73. The Morgan fingerprint density at radius 2 is 1.76 bits per heavy atom. The molecule has 3 heterocycles. The van der Waals surface area contributed by atoms with Crippen LogP contribution in [-0.2, 0) is 11.3 Å². The van der Waals surface area contributed by atoms with Crippen molar-refractivity contribution < 1.29 is 45.3 Å². The fourth-order valence-electron chi connectivity index (χ4n) is 3.54. The van der Waals surface area contributed by atoms with E-state index in [1.54, 1.807) is 4.90 Å². The summed E-state index contributed by atoms with van der Waals surface area (Å²) in [6, 6.07) is 2.82. The molecule has 0 unspecified atom stereocenters. The van der Waals surface area contributed by atoms with Crippen LogP contribution in [0.15, 0.2) is 30.6 Å². The molecule has 0 aliphatic carbocycles. The van der Waals surface area contributed by atoms with Gasteiger partial charge >= 0.3 is 12.5 Å². The molecular weight excluding hydrogens is 474 g/mol. The molecule has 0 bridgehead atoms. The molecular formula is C20H18F6N4O4. The molecule has 14 heteroatoms. The normalized spacial score (nSPS) is 17.1. The largest absolute Gasteiger partial charge is 0.573 e. The highest BCUT2D eigenvalue weighted by molar-refractivity contribution is 5.95. The van der Waals surface area contributed by atoms with Crippen LogP contribution in [0, 0.1) is 0 Å². The first-order chi connectivity index (χ1) is 15.9. The quantitative estimate of drug-likeness (QED) is 0.592. The molecule has 2 aliphatic rings. The van der Waals surface area contributed by atoms with E-state index in [0.29, 0.717) is 25.8 Å². The number of amides is 1. The Morgan fingerprint density at radius 3 is 2.29 bits per heavy atom. The number of benzene rings is 1. The Balaban J connectivity index is 1.41. The number of alkyl halides is 6. The van der Waals surface area contributed by atoms with Crippen LogP contribution in [0.25, 0.3) is 0 Å². The van der Waals surface area contributed by atoms with E-state index in [4.69, 9.17) is 4.74 Å². The number of anilines is 1. The van der Waals surface area contributed by atoms with Crippen molar-refractivity contribution in [1.82, 2.24) is 14.9 Å². The summed E-state index contributed by atoms with van der Waals surface area (Å²) in [5.41, 5.74) is 0.138. The molecule has 0 radical (unpaired) electrons. The zero-order valence-electron chi connectivity index (χ0n) is 17.4. The lowest BCUT2D eigenvalue weighted by molar-refractivity contribution is -0.274. The monoisotopic (exact) mass is 492 g/mol. The molecule has 1 spiro atoms. The highest BCUT2D eigenvalue weighted by Crippen LogP contribution is 2.38. The topological polar surface area (TPSA) is 85.8 Å². The Hall–Kier alpha value is -3.29. The maximum Gasteiger partial charge on any atom is 0.573 e. The van der Waals surface area contributed by atoms with Crippen molar-refractivity contribution in [2.45, 2.75) is 31.0 Å². The third-order valence-electron chi connectivity index (χ3n) is 5.29. The molecule has 0 saturated carbocycles. The van der Waals surface area contributed by atoms with Crippen molar-refractivity contribution in [2.75, 3.05) is 31.7 Å². The molecule has 1 aromatic carbocycles. The van der Waals surface area contributed by atoms with Crippen LogP contribution in [0.1, 0.15) is 22.3 Å².